The maximum atomic E-state index is 10.7. The molecule has 15 heavy (non-hydrogen) atoms. The van der Waals surface area contributed by atoms with E-state index in [9.17, 15) is 4.79 Å². The molecule has 0 bridgehead atoms. The number of thioether (sulfide) groups is 1. The molecule has 4 nitrogen and oxygen atoms in total. The number of pyridine rings is 1. The molecule has 1 unspecified atom stereocenters. The Labute approximate surface area is 91.7 Å². The first-order chi connectivity index (χ1) is 7.25. The zero-order chi connectivity index (χ0) is 10.7. The smallest absolute Gasteiger partial charge is 0.335 e. The third-order valence-electron chi connectivity index (χ3n) is 2.16. The Morgan fingerprint density at radius 2 is 2.53 bits per heavy atom. The summed E-state index contributed by atoms with van der Waals surface area (Å²) >= 11 is 1.84. The van der Waals surface area contributed by atoms with Crippen LogP contribution in [0, 0.1) is 0 Å². The first kappa shape index (κ1) is 10.3. The zero-order valence-electron chi connectivity index (χ0n) is 8.05. The molecule has 80 valence electrons. The van der Waals surface area contributed by atoms with E-state index in [4.69, 9.17) is 9.84 Å². The molecule has 0 amide bonds. The number of hydrogen-bond acceptors (Lipinski definition) is 4. The minimum Gasteiger partial charge on any atom is -0.478 e. The second-order valence-corrected chi connectivity index (χ2v) is 4.44. The Balaban J connectivity index is 2.07. The van der Waals surface area contributed by atoms with Crippen LogP contribution in [0.25, 0.3) is 0 Å². The van der Waals surface area contributed by atoms with Crippen LogP contribution in [0.2, 0.25) is 0 Å². The van der Waals surface area contributed by atoms with Crippen molar-refractivity contribution in [1.82, 2.24) is 4.98 Å². The molecule has 0 spiro atoms. The lowest BCUT2D eigenvalue weighted by atomic mass is 10.2. The van der Waals surface area contributed by atoms with Crippen molar-refractivity contribution in [3.05, 3.63) is 23.9 Å². The highest BCUT2D eigenvalue weighted by Gasteiger charge is 2.17. The van der Waals surface area contributed by atoms with Gasteiger partial charge in [0.15, 0.2) is 0 Å². The Morgan fingerprint density at radius 1 is 1.67 bits per heavy atom. The molecule has 1 aromatic rings. The van der Waals surface area contributed by atoms with E-state index in [-0.39, 0.29) is 11.7 Å². The molecular weight excluding hydrogens is 214 g/mol. The lowest BCUT2D eigenvalue weighted by Gasteiger charge is -2.11. The first-order valence-corrected chi connectivity index (χ1v) is 5.85. The van der Waals surface area contributed by atoms with Crippen molar-refractivity contribution in [3.63, 3.8) is 0 Å². The first-order valence-electron chi connectivity index (χ1n) is 4.69. The van der Waals surface area contributed by atoms with Crippen LogP contribution in [0.15, 0.2) is 18.3 Å². The topological polar surface area (TPSA) is 59.4 Å². The fourth-order valence-corrected chi connectivity index (χ4v) is 2.48. The van der Waals surface area contributed by atoms with Crippen LogP contribution in [0.1, 0.15) is 16.8 Å². The van der Waals surface area contributed by atoms with Crippen LogP contribution in [0.5, 0.6) is 5.88 Å². The molecular formula is C10H11NO3S. The maximum absolute atomic E-state index is 10.7. The molecule has 0 radical (unpaired) electrons. The van der Waals surface area contributed by atoms with Crippen LogP contribution in [-0.2, 0) is 0 Å². The molecule has 1 aromatic heterocycles. The van der Waals surface area contributed by atoms with E-state index in [0.717, 1.165) is 17.9 Å². The summed E-state index contributed by atoms with van der Waals surface area (Å²) in [6.45, 7) is 0. The number of carboxylic acids is 1. The number of aromatic nitrogens is 1. The van der Waals surface area contributed by atoms with Gasteiger partial charge in [-0.1, -0.05) is 0 Å². The van der Waals surface area contributed by atoms with Crippen molar-refractivity contribution in [3.8, 4) is 5.88 Å². The van der Waals surface area contributed by atoms with Crippen LogP contribution in [0.3, 0.4) is 0 Å². The Kier molecular flexibility index (Phi) is 3.11. The van der Waals surface area contributed by atoms with Gasteiger partial charge in [0.2, 0.25) is 5.88 Å². The highest BCUT2D eigenvalue weighted by atomic mass is 32.2. The summed E-state index contributed by atoms with van der Waals surface area (Å²) in [5.74, 6) is 1.51. The number of nitrogens with zero attached hydrogens (tertiary/aromatic N) is 1. The van der Waals surface area contributed by atoms with Gasteiger partial charge < -0.3 is 9.84 Å². The van der Waals surface area contributed by atoms with Crippen molar-refractivity contribution in [1.29, 1.82) is 0 Å². The molecule has 2 heterocycles. The highest BCUT2D eigenvalue weighted by Crippen LogP contribution is 2.22. The molecule has 1 atom stereocenters. The van der Waals surface area contributed by atoms with Crippen molar-refractivity contribution in [2.75, 3.05) is 11.5 Å². The summed E-state index contributed by atoms with van der Waals surface area (Å²) in [7, 11) is 0. The fourth-order valence-electron chi connectivity index (χ4n) is 1.38. The lowest BCUT2D eigenvalue weighted by Crippen LogP contribution is -2.15. The van der Waals surface area contributed by atoms with Crippen LogP contribution < -0.4 is 4.74 Å². The summed E-state index contributed by atoms with van der Waals surface area (Å²) in [5, 5.41) is 8.78. The van der Waals surface area contributed by atoms with Gasteiger partial charge in [0, 0.05) is 18.0 Å². The maximum Gasteiger partial charge on any atom is 0.335 e. The van der Waals surface area contributed by atoms with Crippen molar-refractivity contribution in [2.45, 2.75) is 12.5 Å². The van der Waals surface area contributed by atoms with Crippen molar-refractivity contribution < 1.29 is 14.6 Å². The van der Waals surface area contributed by atoms with Gasteiger partial charge in [-0.2, -0.15) is 11.8 Å². The number of carbonyl (C=O) groups is 1. The van der Waals surface area contributed by atoms with E-state index >= 15 is 0 Å². The molecule has 0 aliphatic carbocycles. The van der Waals surface area contributed by atoms with Gasteiger partial charge >= 0.3 is 5.97 Å². The number of hydrogen-bond donors (Lipinski definition) is 1. The van der Waals surface area contributed by atoms with Gasteiger partial charge in [0.05, 0.1) is 5.56 Å². The zero-order valence-corrected chi connectivity index (χ0v) is 8.87. The second kappa shape index (κ2) is 4.53. The number of rotatable bonds is 3. The van der Waals surface area contributed by atoms with Crippen LogP contribution >= 0.6 is 11.8 Å². The predicted octanol–water partition coefficient (Wildman–Crippen LogP) is 1.66. The van der Waals surface area contributed by atoms with E-state index in [0.29, 0.717) is 5.88 Å². The van der Waals surface area contributed by atoms with Gasteiger partial charge in [-0.25, -0.2) is 9.78 Å². The molecule has 1 aliphatic rings. The number of ether oxygens (including phenoxy) is 1. The summed E-state index contributed by atoms with van der Waals surface area (Å²) in [4.78, 5) is 14.7. The summed E-state index contributed by atoms with van der Waals surface area (Å²) in [6, 6.07) is 2.92. The van der Waals surface area contributed by atoms with E-state index in [1.807, 2.05) is 11.8 Å². The monoisotopic (exact) mass is 225 g/mol. The van der Waals surface area contributed by atoms with Gasteiger partial charge in [-0.05, 0) is 18.2 Å². The van der Waals surface area contributed by atoms with E-state index in [1.165, 1.54) is 18.3 Å². The Hall–Kier alpha value is -1.23. The molecule has 0 saturated carbocycles. The van der Waals surface area contributed by atoms with Gasteiger partial charge in [0.1, 0.15) is 6.10 Å². The molecule has 0 aromatic carbocycles. The average molecular weight is 225 g/mol. The van der Waals surface area contributed by atoms with Gasteiger partial charge in [-0.3, -0.25) is 0 Å². The third-order valence-corrected chi connectivity index (χ3v) is 3.29. The number of carboxylic acid groups (broad SMARTS) is 1. The van der Waals surface area contributed by atoms with Crippen molar-refractivity contribution in [2.24, 2.45) is 0 Å². The normalized spacial score (nSPS) is 20.1. The molecule has 1 aliphatic heterocycles. The molecule has 1 N–H and O–H groups in total. The van der Waals surface area contributed by atoms with Crippen molar-refractivity contribution >= 4 is 17.7 Å². The van der Waals surface area contributed by atoms with Gasteiger partial charge in [0.25, 0.3) is 0 Å². The second-order valence-electron chi connectivity index (χ2n) is 3.29. The largest absolute Gasteiger partial charge is 0.478 e. The number of aromatic carboxylic acids is 1. The lowest BCUT2D eigenvalue weighted by molar-refractivity contribution is 0.0695. The average Bonchev–Trinajstić information content (AvgIpc) is 2.71. The Bertz CT molecular complexity index is 363. The van der Waals surface area contributed by atoms with E-state index in [1.54, 1.807) is 0 Å². The summed E-state index contributed by atoms with van der Waals surface area (Å²) < 4.78 is 5.57. The SMILES string of the molecule is O=C(O)c1ccnc(OC2CCSC2)c1. The molecule has 2 rings (SSSR count). The standard InChI is InChI=1S/C10H11NO3S/c12-10(13)7-1-3-11-9(5-7)14-8-2-4-15-6-8/h1,3,5,8H,2,4,6H2,(H,12,13). The fraction of sp³-hybridized carbons (Fsp3) is 0.400. The minimum absolute atomic E-state index is 0.173. The van der Waals surface area contributed by atoms with Gasteiger partial charge in [-0.15, -0.1) is 0 Å². The highest BCUT2D eigenvalue weighted by molar-refractivity contribution is 7.99. The quantitative estimate of drug-likeness (QED) is 0.847. The van der Waals surface area contributed by atoms with E-state index in [2.05, 4.69) is 4.98 Å². The Morgan fingerprint density at radius 3 is 3.20 bits per heavy atom. The third kappa shape index (κ3) is 2.62. The molecule has 1 fully saturated rings. The summed E-state index contributed by atoms with van der Waals surface area (Å²) in [5.41, 5.74) is 0.214. The minimum atomic E-state index is -0.956. The van der Waals surface area contributed by atoms with Crippen LogP contribution in [0.4, 0.5) is 0 Å². The predicted molar refractivity (Wildman–Crippen MR) is 57.6 cm³/mol. The molecule has 1 saturated heterocycles. The van der Waals surface area contributed by atoms with E-state index < -0.39 is 5.97 Å². The molecule has 5 heteroatoms. The van der Waals surface area contributed by atoms with Crippen LogP contribution in [-0.4, -0.2) is 33.7 Å². The summed E-state index contributed by atoms with van der Waals surface area (Å²) in [6.07, 6.45) is 2.64.